The molecule has 0 spiro atoms. The summed E-state index contributed by atoms with van der Waals surface area (Å²) < 4.78 is 6.40. The van der Waals surface area contributed by atoms with Gasteiger partial charge in [-0.1, -0.05) is 12.1 Å². The highest BCUT2D eigenvalue weighted by Crippen LogP contribution is 2.26. The van der Waals surface area contributed by atoms with Gasteiger partial charge in [0, 0.05) is 11.3 Å². The molecule has 3 aromatic rings. The van der Waals surface area contributed by atoms with E-state index in [1.54, 1.807) is 7.11 Å². The molecule has 0 saturated carbocycles. The van der Waals surface area contributed by atoms with Crippen molar-refractivity contribution in [2.45, 2.75) is 26.8 Å². The second-order valence-electron chi connectivity index (χ2n) is 5.80. The van der Waals surface area contributed by atoms with Crippen LogP contribution in [0.2, 0.25) is 0 Å². The molecule has 0 bridgehead atoms. The Hall–Kier alpha value is -2.67. The number of aromatic nitrogens is 2. The van der Waals surface area contributed by atoms with Crippen molar-refractivity contribution in [3.8, 4) is 5.75 Å². The van der Waals surface area contributed by atoms with Crippen LogP contribution in [0.5, 0.6) is 5.75 Å². The van der Waals surface area contributed by atoms with Crippen LogP contribution in [0, 0.1) is 13.8 Å². The van der Waals surface area contributed by atoms with Crippen molar-refractivity contribution in [3.63, 3.8) is 0 Å². The number of rotatable bonds is 5. The van der Waals surface area contributed by atoms with Crippen LogP contribution in [0.25, 0.3) is 10.2 Å². The molecule has 0 aliphatic rings. The Bertz CT molecular complexity index is 1000. The molecule has 0 saturated heterocycles. The number of nitrogens with zero attached hydrogens (tertiary/aromatic N) is 2. The number of carboxylic acids is 1. The van der Waals surface area contributed by atoms with Crippen molar-refractivity contribution in [3.05, 3.63) is 56.4 Å². The molecule has 0 fully saturated rings. The minimum Gasteiger partial charge on any atom is -0.497 e. The Morgan fingerprint density at radius 2 is 1.96 bits per heavy atom. The summed E-state index contributed by atoms with van der Waals surface area (Å²) in [5.74, 6) is 0.120. The molecule has 2 aromatic heterocycles. The van der Waals surface area contributed by atoms with Gasteiger partial charge in [-0.3, -0.25) is 14.2 Å². The van der Waals surface area contributed by atoms with E-state index >= 15 is 0 Å². The van der Waals surface area contributed by atoms with Crippen molar-refractivity contribution in [2.75, 3.05) is 7.11 Å². The van der Waals surface area contributed by atoms with E-state index in [1.165, 1.54) is 15.9 Å². The molecule has 2 heterocycles. The molecule has 1 N–H and O–H groups in total. The normalized spacial score (nSPS) is 11.0. The summed E-state index contributed by atoms with van der Waals surface area (Å²) in [6, 6.07) is 7.41. The molecule has 1 aromatic carbocycles. The molecule has 3 rings (SSSR count). The van der Waals surface area contributed by atoms with Gasteiger partial charge < -0.3 is 9.84 Å². The summed E-state index contributed by atoms with van der Waals surface area (Å²) in [5.41, 5.74) is 1.50. The van der Waals surface area contributed by atoms with E-state index in [4.69, 9.17) is 4.74 Å². The van der Waals surface area contributed by atoms with Crippen molar-refractivity contribution < 1.29 is 14.6 Å². The number of aryl methyl sites for hydroxylation is 2. The lowest BCUT2D eigenvalue weighted by molar-refractivity contribution is -0.137. The Balaban J connectivity index is 2.14. The van der Waals surface area contributed by atoms with Crippen LogP contribution >= 0.6 is 11.3 Å². The average molecular weight is 358 g/mol. The molecule has 0 amide bonds. The average Bonchev–Trinajstić information content (AvgIpc) is 2.86. The van der Waals surface area contributed by atoms with Gasteiger partial charge in [-0.15, -0.1) is 11.3 Å². The zero-order valence-corrected chi connectivity index (χ0v) is 15.0. The first-order valence-corrected chi connectivity index (χ1v) is 8.56. The molecule has 0 unspecified atom stereocenters. The number of methoxy groups -OCH3 is 1. The minimum atomic E-state index is -1.07. The molecule has 6 nitrogen and oxygen atoms in total. The molecule has 0 radical (unpaired) electrons. The van der Waals surface area contributed by atoms with Crippen molar-refractivity contribution in [1.82, 2.24) is 9.55 Å². The van der Waals surface area contributed by atoms with E-state index in [9.17, 15) is 14.7 Å². The maximum atomic E-state index is 12.9. The van der Waals surface area contributed by atoms with Gasteiger partial charge in [0.1, 0.15) is 22.9 Å². The standard InChI is InChI=1S/C18H18N2O4S/c1-10-11(2)25-17-16(10)18(23)20(9-15(21)22)14(19-17)8-12-4-6-13(24-3)7-5-12/h4-7H,8-9H2,1-3H3,(H,21,22). The number of aliphatic carboxylic acids is 1. The fraction of sp³-hybridized carbons (Fsp3) is 0.278. The summed E-state index contributed by atoms with van der Waals surface area (Å²) >= 11 is 1.46. The number of fused-ring (bicyclic) bond motifs is 1. The van der Waals surface area contributed by atoms with Crippen LogP contribution in [0.15, 0.2) is 29.1 Å². The molecule has 130 valence electrons. The first-order valence-electron chi connectivity index (χ1n) is 7.75. The van der Waals surface area contributed by atoms with Gasteiger partial charge in [0.15, 0.2) is 0 Å². The monoisotopic (exact) mass is 358 g/mol. The lowest BCUT2D eigenvalue weighted by atomic mass is 10.1. The summed E-state index contributed by atoms with van der Waals surface area (Å²) in [5, 5.41) is 9.71. The first kappa shape index (κ1) is 17.2. The molecular weight excluding hydrogens is 340 g/mol. The smallest absolute Gasteiger partial charge is 0.323 e. The van der Waals surface area contributed by atoms with Gasteiger partial charge in [0.2, 0.25) is 0 Å². The Labute approximate surface area is 148 Å². The summed E-state index contributed by atoms with van der Waals surface area (Å²) in [4.78, 5) is 30.4. The van der Waals surface area contributed by atoms with E-state index in [0.29, 0.717) is 22.5 Å². The molecule has 7 heteroatoms. The number of hydrogen-bond acceptors (Lipinski definition) is 5. The highest BCUT2D eigenvalue weighted by Gasteiger charge is 2.18. The topological polar surface area (TPSA) is 81.4 Å². The zero-order valence-electron chi connectivity index (χ0n) is 14.2. The van der Waals surface area contributed by atoms with Crippen LogP contribution in [0.3, 0.4) is 0 Å². The quantitative estimate of drug-likeness (QED) is 0.758. The number of thiophene rings is 1. The van der Waals surface area contributed by atoms with Gasteiger partial charge in [-0.05, 0) is 37.1 Å². The van der Waals surface area contributed by atoms with Gasteiger partial charge in [0.25, 0.3) is 5.56 Å². The van der Waals surface area contributed by atoms with Crippen molar-refractivity contribution in [1.29, 1.82) is 0 Å². The Kier molecular flexibility index (Phi) is 4.59. The Morgan fingerprint density at radius 3 is 2.56 bits per heavy atom. The maximum Gasteiger partial charge on any atom is 0.323 e. The van der Waals surface area contributed by atoms with Crippen LogP contribution in [0.1, 0.15) is 21.8 Å². The summed E-state index contributed by atoms with van der Waals surface area (Å²) in [7, 11) is 1.59. The maximum absolute atomic E-state index is 12.9. The number of carboxylic acid groups (broad SMARTS) is 1. The van der Waals surface area contributed by atoms with Gasteiger partial charge in [0.05, 0.1) is 12.5 Å². The second kappa shape index (κ2) is 6.68. The van der Waals surface area contributed by atoms with Crippen LogP contribution in [-0.2, 0) is 17.8 Å². The molecular formula is C18H18N2O4S. The van der Waals surface area contributed by atoms with Crippen LogP contribution < -0.4 is 10.3 Å². The van der Waals surface area contributed by atoms with Gasteiger partial charge in [-0.2, -0.15) is 0 Å². The summed E-state index contributed by atoms with van der Waals surface area (Å²) in [6.45, 7) is 3.40. The fourth-order valence-corrected chi connectivity index (χ4v) is 3.77. The molecule has 0 aliphatic heterocycles. The van der Waals surface area contributed by atoms with Crippen LogP contribution in [-0.4, -0.2) is 27.7 Å². The Morgan fingerprint density at radius 1 is 1.28 bits per heavy atom. The molecule has 25 heavy (non-hydrogen) atoms. The van der Waals surface area contributed by atoms with E-state index in [1.807, 2.05) is 38.1 Å². The number of benzene rings is 1. The second-order valence-corrected chi connectivity index (χ2v) is 7.00. The number of carbonyl (C=O) groups is 1. The van der Waals surface area contributed by atoms with Gasteiger partial charge in [-0.25, -0.2) is 4.98 Å². The van der Waals surface area contributed by atoms with E-state index in [0.717, 1.165) is 21.8 Å². The summed E-state index contributed by atoms with van der Waals surface area (Å²) in [6.07, 6.45) is 0.373. The predicted octanol–water partition coefficient (Wildman–Crippen LogP) is 2.76. The predicted molar refractivity (Wildman–Crippen MR) is 96.8 cm³/mol. The lowest BCUT2D eigenvalue weighted by Crippen LogP contribution is -2.28. The number of ether oxygens (including phenoxy) is 1. The highest BCUT2D eigenvalue weighted by atomic mass is 32.1. The third-order valence-electron chi connectivity index (χ3n) is 4.18. The third kappa shape index (κ3) is 3.28. The van der Waals surface area contributed by atoms with E-state index < -0.39 is 12.5 Å². The van der Waals surface area contributed by atoms with E-state index in [2.05, 4.69) is 4.98 Å². The van der Waals surface area contributed by atoms with Crippen molar-refractivity contribution in [2.24, 2.45) is 0 Å². The molecule has 0 atom stereocenters. The zero-order chi connectivity index (χ0) is 18.1. The minimum absolute atomic E-state index is 0.294. The van der Waals surface area contributed by atoms with Gasteiger partial charge >= 0.3 is 5.97 Å². The third-order valence-corrected chi connectivity index (χ3v) is 5.28. The van der Waals surface area contributed by atoms with Crippen molar-refractivity contribution >= 4 is 27.5 Å². The highest BCUT2D eigenvalue weighted by molar-refractivity contribution is 7.18. The first-order chi connectivity index (χ1) is 11.9. The van der Waals surface area contributed by atoms with Crippen LogP contribution in [0.4, 0.5) is 0 Å². The fourth-order valence-electron chi connectivity index (χ4n) is 2.73. The largest absolute Gasteiger partial charge is 0.497 e. The van der Waals surface area contributed by atoms with E-state index in [-0.39, 0.29) is 5.56 Å². The SMILES string of the molecule is COc1ccc(Cc2nc3sc(C)c(C)c3c(=O)n2CC(=O)O)cc1. The lowest BCUT2D eigenvalue weighted by Gasteiger charge is -2.11. The molecule has 0 aliphatic carbocycles. The number of hydrogen-bond donors (Lipinski definition) is 1.